The molecule has 1 aromatic rings. The van der Waals surface area contributed by atoms with Crippen LogP contribution in [0, 0.1) is 5.92 Å². The Hall–Kier alpha value is -0.280. The van der Waals surface area contributed by atoms with Crippen LogP contribution in [0.25, 0.3) is 0 Å². The lowest BCUT2D eigenvalue weighted by Gasteiger charge is -2.36. The number of benzene rings is 1. The number of hydrogen-bond donors (Lipinski definition) is 1. The molecule has 0 aliphatic heterocycles. The van der Waals surface area contributed by atoms with Crippen molar-refractivity contribution < 1.29 is 0 Å². The van der Waals surface area contributed by atoms with Gasteiger partial charge in [-0.15, -0.1) is 0 Å². The van der Waals surface area contributed by atoms with E-state index in [0.29, 0.717) is 6.54 Å². The summed E-state index contributed by atoms with van der Waals surface area (Å²) in [6, 6.07) is 5.80. The Bertz CT molecular complexity index is 419. The highest BCUT2D eigenvalue weighted by atomic mass is 35.5. The zero-order valence-corrected chi connectivity index (χ0v) is 12.9. The molecule has 1 atom stereocenters. The minimum Gasteiger partial charge on any atom is -0.329 e. The van der Waals surface area contributed by atoms with Crippen LogP contribution < -0.4 is 5.73 Å². The maximum absolute atomic E-state index is 6.31. The molecule has 2 N–H and O–H groups in total. The Kier molecular flexibility index (Phi) is 5.52. The molecule has 0 saturated heterocycles. The van der Waals surface area contributed by atoms with E-state index in [1.165, 1.54) is 19.3 Å². The van der Waals surface area contributed by atoms with Gasteiger partial charge >= 0.3 is 0 Å². The van der Waals surface area contributed by atoms with Gasteiger partial charge in [-0.25, -0.2) is 0 Å². The second kappa shape index (κ2) is 6.94. The van der Waals surface area contributed by atoms with Crippen molar-refractivity contribution in [3.8, 4) is 0 Å². The van der Waals surface area contributed by atoms with Crippen LogP contribution in [0.5, 0.6) is 0 Å². The van der Waals surface area contributed by atoms with Gasteiger partial charge in [0.1, 0.15) is 0 Å². The molecule has 4 heteroatoms. The minimum atomic E-state index is 0.164. The maximum atomic E-state index is 6.31. The van der Waals surface area contributed by atoms with Crippen LogP contribution in [0.15, 0.2) is 18.2 Å². The highest BCUT2D eigenvalue weighted by molar-refractivity contribution is 6.33. The first-order valence-electron chi connectivity index (χ1n) is 7.04. The lowest BCUT2D eigenvalue weighted by molar-refractivity contribution is 0.141. The number of likely N-dealkylation sites (N-methyl/N-ethyl adjacent to an activating group) is 1. The molecule has 19 heavy (non-hydrogen) atoms. The van der Waals surface area contributed by atoms with Crippen molar-refractivity contribution in [3.05, 3.63) is 33.8 Å². The standard InChI is InChI=1S/C15H22Cl2N2/c1-2-19(10-11-4-3-5-11)15(9-18)13-8-12(16)6-7-14(13)17/h6-8,11,15H,2-5,9-10,18H2,1H3. The van der Waals surface area contributed by atoms with E-state index >= 15 is 0 Å². The number of nitrogens with two attached hydrogens (primary N) is 1. The maximum Gasteiger partial charge on any atom is 0.0485 e. The van der Waals surface area contributed by atoms with Gasteiger partial charge in [-0.05, 0) is 49.1 Å². The van der Waals surface area contributed by atoms with Gasteiger partial charge < -0.3 is 5.73 Å². The normalized spacial score (nSPS) is 17.5. The molecule has 1 saturated carbocycles. The van der Waals surface area contributed by atoms with Crippen molar-refractivity contribution in [3.63, 3.8) is 0 Å². The Balaban J connectivity index is 2.17. The molecular formula is C15H22Cl2N2. The molecule has 1 unspecified atom stereocenters. The first kappa shape index (κ1) is 15.1. The summed E-state index contributed by atoms with van der Waals surface area (Å²) in [6.45, 7) is 4.85. The van der Waals surface area contributed by atoms with Crippen LogP contribution in [-0.4, -0.2) is 24.5 Å². The molecule has 0 spiro atoms. The van der Waals surface area contributed by atoms with Gasteiger partial charge in [0.15, 0.2) is 0 Å². The molecule has 106 valence electrons. The second-order valence-electron chi connectivity index (χ2n) is 5.30. The average Bonchev–Trinajstić information content (AvgIpc) is 2.35. The zero-order valence-electron chi connectivity index (χ0n) is 11.4. The van der Waals surface area contributed by atoms with E-state index in [2.05, 4.69) is 11.8 Å². The minimum absolute atomic E-state index is 0.164. The largest absolute Gasteiger partial charge is 0.329 e. The summed E-state index contributed by atoms with van der Waals surface area (Å²) in [5.41, 5.74) is 7.05. The summed E-state index contributed by atoms with van der Waals surface area (Å²) in [5.74, 6) is 0.826. The molecule has 2 rings (SSSR count). The third-order valence-electron chi connectivity index (χ3n) is 4.10. The van der Waals surface area contributed by atoms with Crippen LogP contribution in [-0.2, 0) is 0 Å². The Morgan fingerprint density at radius 2 is 2.11 bits per heavy atom. The topological polar surface area (TPSA) is 29.3 Å². The van der Waals surface area contributed by atoms with Gasteiger partial charge in [0, 0.05) is 29.2 Å². The molecule has 0 heterocycles. The van der Waals surface area contributed by atoms with E-state index < -0.39 is 0 Å². The third-order valence-corrected chi connectivity index (χ3v) is 4.68. The lowest BCUT2D eigenvalue weighted by atomic mass is 9.84. The van der Waals surface area contributed by atoms with E-state index in [0.717, 1.165) is 34.6 Å². The summed E-state index contributed by atoms with van der Waals surface area (Å²) >= 11 is 12.4. The first-order chi connectivity index (χ1) is 9.15. The molecule has 2 nitrogen and oxygen atoms in total. The third kappa shape index (κ3) is 3.63. The predicted octanol–water partition coefficient (Wildman–Crippen LogP) is 4.12. The van der Waals surface area contributed by atoms with Crippen LogP contribution >= 0.6 is 23.2 Å². The summed E-state index contributed by atoms with van der Waals surface area (Å²) in [5, 5.41) is 1.48. The van der Waals surface area contributed by atoms with Crippen molar-refractivity contribution in [2.75, 3.05) is 19.6 Å². The van der Waals surface area contributed by atoms with E-state index in [4.69, 9.17) is 28.9 Å². The molecule has 1 fully saturated rings. The fourth-order valence-electron chi connectivity index (χ4n) is 2.73. The Morgan fingerprint density at radius 3 is 2.63 bits per heavy atom. The van der Waals surface area contributed by atoms with Gasteiger partial charge in [-0.3, -0.25) is 4.90 Å². The Labute approximate surface area is 125 Å². The highest BCUT2D eigenvalue weighted by Gasteiger charge is 2.26. The molecule has 0 amide bonds. The van der Waals surface area contributed by atoms with E-state index in [1.807, 2.05) is 18.2 Å². The molecular weight excluding hydrogens is 279 g/mol. The van der Waals surface area contributed by atoms with Gasteiger partial charge in [-0.2, -0.15) is 0 Å². The van der Waals surface area contributed by atoms with Crippen LogP contribution in [0.1, 0.15) is 37.8 Å². The fraction of sp³-hybridized carbons (Fsp3) is 0.600. The number of rotatable bonds is 6. The van der Waals surface area contributed by atoms with Crippen LogP contribution in [0.2, 0.25) is 10.0 Å². The lowest BCUT2D eigenvalue weighted by Crippen LogP contribution is -2.38. The number of hydrogen-bond acceptors (Lipinski definition) is 2. The first-order valence-corrected chi connectivity index (χ1v) is 7.80. The highest BCUT2D eigenvalue weighted by Crippen LogP contribution is 2.33. The summed E-state index contributed by atoms with van der Waals surface area (Å²) in [4.78, 5) is 2.43. The van der Waals surface area contributed by atoms with Crippen LogP contribution in [0.4, 0.5) is 0 Å². The van der Waals surface area contributed by atoms with Gasteiger partial charge in [0.2, 0.25) is 0 Å². The number of nitrogens with zero attached hydrogens (tertiary/aromatic N) is 1. The van der Waals surface area contributed by atoms with E-state index in [1.54, 1.807) is 0 Å². The summed E-state index contributed by atoms with van der Waals surface area (Å²) in [6.07, 6.45) is 4.06. The quantitative estimate of drug-likeness (QED) is 0.856. The van der Waals surface area contributed by atoms with Crippen LogP contribution in [0.3, 0.4) is 0 Å². The van der Waals surface area contributed by atoms with E-state index in [-0.39, 0.29) is 6.04 Å². The molecule has 0 radical (unpaired) electrons. The fourth-order valence-corrected chi connectivity index (χ4v) is 3.15. The van der Waals surface area contributed by atoms with Crippen molar-refractivity contribution in [1.82, 2.24) is 4.90 Å². The smallest absolute Gasteiger partial charge is 0.0485 e. The zero-order chi connectivity index (χ0) is 13.8. The SMILES string of the molecule is CCN(CC1CCC1)C(CN)c1cc(Cl)ccc1Cl. The van der Waals surface area contributed by atoms with Gasteiger partial charge in [-0.1, -0.05) is 36.5 Å². The summed E-state index contributed by atoms with van der Waals surface area (Å²) in [7, 11) is 0. The van der Waals surface area contributed by atoms with Gasteiger partial charge in [0.05, 0.1) is 0 Å². The predicted molar refractivity (Wildman–Crippen MR) is 82.8 cm³/mol. The van der Waals surface area contributed by atoms with E-state index in [9.17, 15) is 0 Å². The summed E-state index contributed by atoms with van der Waals surface area (Å²) < 4.78 is 0. The molecule has 1 aromatic carbocycles. The Morgan fingerprint density at radius 1 is 1.37 bits per heavy atom. The van der Waals surface area contributed by atoms with Gasteiger partial charge in [0.25, 0.3) is 0 Å². The van der Waals surface area contributed by atoms with Crippen molar-refractivity contribution >= 4 is 23.2 Å². The van der Waals surface area contributed by atoms with Crippen molar-refractivity contribution in [1.29, 1.82) is 0 Å². The monoisotopic (exact) mass is 300 g/mol. The molecule has 1 aliphatic rings. The second-order valence-corrected chi connectivity index (χ2v) is 6.15. The number of halogens is 2. The molecule has 0 bridgehead atoms. The average molecular weight is 301 g/mol. The van der Waals surface area contributed by atoms with Crippen molar-refractivity contribution in [2.45, 2.75) is 32.2 Å². The molecule has 0 aromatic heterocycles. The molecule has 1 aliphatic carbocycles. The van der Waals surface area contributed by atoms with Crippen molar-refractivity contribution in [2.24, 2.45) is 11.7 Å².